The fraction of sp³-hybridized carbons (Fsp3) is 0.692. The van der Waals surface area contributed by atoms with Crippen LogP contribution in [-0.2, 0) is 11.3 Å². The van der Waals surface area contributed by atoms with Crippen LogP contribution in [0.15, 0.2) is 6.07 Å². The van der Waals surface area contributed by atoms with Gasteiger partial charge in [-0.15, -0.1) is 0 Å². The first kappa shape index (κ1) is 12.8. The molecule has 4 heteroatoms. The predicted molar refractivity (Wildman–Crippen MR) is 68.1 cm³/mol. The van der Waals surface area contributed by atoms with Crippen molar-refractivity contribution in [1.82, 2.24) is 9.97 Å². The smallest absolute Gasteiger partial charge is 0.133 e. The van der Waals surface area contributed by atoms with E-state index in [1.165, 1.54) is 25.7 Å². The Morgan fingerprint density at radius 1 is 1.41 bits per heavy atom. The molecule has 1 heterocycles. The van der Waals surface area contributed by atoms with E-state index in [0.717, 1.165) is 17.4 Å². The Morgan fingerprint density at radius 2 is 2.24 bits per heavy atom. The molecule has 0 aromatic carbocycles. The average Bonchev–Trinajstić information content (AvgIpc) is 2.28. The summed E-state index contributed by atoms with van der Waals surface area (Å²) in [6.45, 7) is 2.80. The van der Waals surface area contributed by atoms with Crippen molar-refractivity contribution in [1.29, 1.82) is 0 Å². The van der Waals surface area contributed by atoms with Gasteiger partial charge in [-0.1, -0.05) is 31.4 Å². The molecule has 2 unspecified atom stereocenters. The van der Waals surface area contributed by atoms with Crippen molar-refractivity contribution in [3.8, 4) is 0 Å². The SMILES string of the molecule is COCc1cc(Cl)nc(C2CCCC(C)C2)n1. The van der Waals surface area contributed by atoms with Gasteiger partial charge in [0.05, 0.1) is 12.3 Å². The van der Waals surface area contributed by atoms with Gasteiger partial charge in [-0.3, -0.25) is 0 Å². The summed E-state index contributed by atoms with van der Waals surface area (Å²) in [5.74, 6) is 2.13. The number of nitrogens with zero attached hydrogens (tertiary/aromatic N) is 2. The first-order valence-corrected chi connectivity index (χ1v) is 6.59. The first-order valence-electron chi connectivity index (χ1n) is 6.21. The van der Waals surface area contributed by atoms with Gasteiger partial charge in [-0.25, -0.2) is 9.97 Å². The summed E-state index contributed by atoms with van der Waals surface area (Å²) in [6.07, 6.45) is 4.94. The molecular weight excluding hydrogens is 236 g/mol. The summed E-state index contributed by atoms with van der Waals surface area (Å²) < 4.78 is 5.10. The predicted octanol–water partition coefficient (Wildman–Crippen LogP) is 3.57. The van der Waals surface area contributed by atoms with Crippen molar-refractivity contribution in [2.45, 2.75) is 45.1 Å². The minimum atomic E-state index is 0.466. The zero-order valence-electron chi connectivity index (χ0n) is 10.4. The van der Waals surface area contributed by atoms with Crippen LogP contribution in [0, 0.1) is 5.92 Å². The van der Waals surface area contributed by atoms with E-state index in [4.69, 9.17) is 16.3 Å². The summed E-state index contributed by atoms with van der Waals surface area (Å²) in [5, 5.41) is 0.528. The molecule has 1 saturated carbocycles. The average molecular weight is 255 g/mol. The maximum atomic E-state index is 6.03. The Morgan fingerprint density at radius 3 is 2.94 bits per heavy atom. The molecular formula is C13H19ClN2O. The molecule has 1 fully saturated rings. The highest BCUT2D eigenvalue weighted by atomic mass is 35.5. The number of methoxy groups -OCH3 is 1. The van der Waals surface area contributed by atoms with Crippen molar-refractivity contribution < 1.29 is 4.74 Å². The van der Waals surface area contributed by atoms with Crippen LogP contribution in [0.4, 0.5) is 0 Å². The number of hydrogen-bond donors (Lipinski definition) is 0. The van der Waals surface area contributed by atoms with Crippen LogP contribution < -0.4 is 0 Å². The van der Waals surface area contributed by atoms with E-state index >= 15 is 0 Å². The molecule has 0 radical (unpaired) electrons. The van der Waals surface area contributed by atoms with Crippen molar-refractivity contribution in [2.24, 2.45) is 5.92 Å². The standard InChI is InChI=1S/C13H19ClN2O/c1-9-4-3-5-10(6-9)13-15-11(8-17-2)7-12(14)16-13/h7,9-10H,3-6,8H2,1-2H3. The van der Waals surface area contributed by atoms with Gasteiger partial charge in [-0.05, 0) is 24.8 Å². The number of ether oxygens (including phenoxy) is 1. The van der Waals surface area contributed by atoms with Crippen LogP contribution in [-0.4, -0.2) is 17.1 Å². The monoisotopic (exact) mass is 254 g/mol. The number of hydrogen-bond acceptors (Lipinski definition) is 3. The molecule has 17 heavy (non-hydrogen) atoms. The highest BCUT2D eigenvalue weighted by Crippen LogP contribution is 2.34. The molecule has 0 aliphatic heterocycles. The second-order valence-electron chi connectivity index (χ2n) is 4.94. The summed E-state index contributed by atoms with van der Waals surface area (Å²) in [4.78, 5) is 8.93. The second-order valence-corrected chi connectivity index (χ2v) is 5.33. The summed E-state index contributed by atoms with van der Waals surface area (Å²) in [5.41, 5.74) is 0.876. The van der Waals surface area contributed by atoms with Crippen molar-refractivity contribution in [2.75, 3.05) is 7.11 Å². The van der Waals surface area contributed by atoms with E-state index in [1.54, 1.807) is 13.2 Å². The minimum absolute atomic E-state index is 0.466. The molecule has 0 bridgehead atoms. The molecule has 1 aromatic heterocycles. The molecule has 2 rings (SSSR count). The van der Waals surface area contributed by atoms with Crippen LogP contribution >= 0.6 is 11.6 Å². The Hall–Kier alpha value is -0.670. The molecule has 0 spiro atoms. The van der Waals surface area contributed by atoms with Gasteiger partial charge >= 0.3 is 0 Å². The van der Waals surface area contributed by atoms with E-state index in [0.29, 0.717) is 17.7 Å². The number of halogens is 1. The molecule has 94 valence electrons. The maximum Gasteiger partial charge on any atom is 0.133 e. The van der Waals surface area contributed by atoms with Crippen LogP contribution in [0.2, 0.25) is 5.15 Å². The fourth-order valence-electron chi connectivity index (χ4n) is 2.56. The van der Waals surface area contributed by atoms with Crippen LogP contribution in [0.1, 0.15) is 50.0 Å². The largest absolute Gasteiger partial charge is 0.378 e. The molecule has 1 aromatic rings. The quantitative estimate of drug-likeness (QED) is 0.774. The summed E-state index contributed by atoms with van der Waals surface area (Å²) in [6, 6.07) is 1.78. The van der Waals surface area contributed by atoms with Crippen LogP contribution in [0.3, 0.4) is 0 Å². The Labute approximate surface area is 108 Å². The van der Waals surface area contributed by atoms with E-state index < -0.39 is 0 Å². The highest BCUT2D eigenvalue weighted by molar-refractivity contribution is 6.29. The highest BCUT2D eigenvalue weighted by Gasteiger charge is 2.23. The molecule has 3 nitrogen and oxygen atoms in total. The van der Waals surface area contributed by atoms with Gasteiger partial charge in [-0.2, -0.15) is 0 Å². The van der Waals surface area contributed by atoms with Gasteiger partial charge in [0.15, 0.2) is 0 Å². The van der Waals surface area contributed by atoms with E-state index in [1.807, 2.05) is 0 Å². The van der Waals surface area contributed by atoms with Gasteiger partial charge < -0.3 is 4.74 Å². The van der Waals surface area contributed by atoms with Gasteiger partial charge in [0.25, 0.3) is 0 Å². The summed E-state index contributed by atoms with van der Waals surface area (Å²) in [7, 11) is 1.67. The summed E-state index contributed by atoms with van der Waals surface area (Å²) >= 11 is 6.03. The first-order chi connectivity index (χ1) is 8.19. The molecule has 0 amide bonds. The third kappa shape index (κ3) is 3.39. The lowest BCUT2D eigenvalue weighted by molar-refractivity contribution is 0.181. The van der Waals surface area contributed by atoms with Crippen molar-refractivity contribution in [3.05, 3.63) is 22.7 Å². The third-order valence-corrected chi connectivity index (χ3v) is 3.55. The van der Waals surface area contributed by atoms with Gasteiger partial charge in [0.1, 0.15) is 11.0 Å². The number of aromatic nitrogens is 2. The van der Waals surface area contributed by atoms with E-state index in [2.05, 4.69) is 16.9 Å². The van der Waals surface area contributed by atoms with Crippen molar-refractivity contribution >= 4 is 11.6 Å². The lowest BCUT2D eigenvalue weighted by atomic mass is 9.82. The van der Waals surface area contributed by atoms with E-state index in [9.17, 15) is 0 Å². The van der Waals surface area contributed by atoms with Crippen LogP contribution in [0.25, 0.3) is 0 Å². The van der Waals surface area contributed by atoms with E-state index in [-0.39, 0.29) is 0 Å². The Kier molecular flexibility index (Phi) is 4.35. The molecule has 1 aliphatic carbocycles. The van der Waals surface area contributed by atoms with Crippen LogP contribution in [0.5, 0.6) is 0 Å². The molecule has 0 N–H and O–H groups in total. The number of rotatable bonds is 3. The molecule has 0 saturated heterocycles. The molecule has 1 aliphatic rings. The van der Waals surface area contributed by atoms with Gasteiger partial charge in [0, 0.05) is 13.0 Å². The third-order valence-electron chi connectivity index (χ3n) is 3.36. The maximum absolute atomic E-state index is 6.03. The van der Waals surface area contributed by atoms with Crippen molar-refractivity contribution in [3.63, 3.8) is 0 Å². The Balaban J connectivity index is 2.18. The lowest BCUT2D eigenvalue weighted by Gasteiger charge is -2.25. The molecule has 2 atom stereocenters. The minimum Gasteiger partial charge on any atom is -0.378 e. The lowest BCUT2D eigenvalue weighted by Crippen LogP contribution is -2.15. The topological polar surface area (TPSA) is 35.0 Å². The zero-order valence-corrected chi connectivity index (χ0v) is 11.2. The zero-order chi connectivity index (χ0) is 12.3. The Bertz CT molecular complexity index is 384. The second kappa shape index (κ2) is 5.78. The normalized spacial score (nSPS) is 24.9. The fourth-order valence-corrected chi connectivity index (χ4v) is 2.77. The van der Waals surface area contributed by atoms with Gasteiger partial charge in [0.2, 0.25) is 0 Å².